The van der Waals surface area contributed by atoms with Crippen LogP contribution in [0.1, 0.15) is 6.42 Å². The second-order valence-corrected chi connectivity index (χ2v) is 3.56. The molecular weight excluding hydrogens is 244 g/mol. The largest absolute Gasteiger partial charge is 0.468 e. The van der Waals surface area contributed by atoms with Crippen molar-refractivity contribution in [2.45, 2.75) is 12.5 Å². The van der Waals surface area contributed by atoms with Gasteiger partial charge in [0.15, 0.2) is 5.92 Å². The van der Waals surface area contributed by atoms with E-state index in [9.17, 15) is 14.7 Å². The Balaban J connectivity index is 4.14. The molecular formula is C11H20O7. The van der Waals surface area contributed by atoms with Crippen molar-refractivity contribution in [1.29, 1.82) is 0 Å². The quantitative estimate of drug-likeness (QED) is 0.336. The minimum absolute atomic E-state index is 0.00779. The van der Waals surface area contributed by atoms with Crippen LogP contribution >= 0.6 is 0 Å². The van der Waals surface area contributed by atoms with E-state index < -0.39 is 24.0 Å². The molecule has 0 heterocycles. The summed E-state index contributed by atoms with van der Waals surface area (Å²) in [7, 11) is 3.86. The Kier molecular flexibility index (Phi) is 9.17. The van der Waals surface area contributed by atoms with E-state index in [1.54, 1.807) is 0 Å². The maximum Gasteiger partial charge on any atom is 0.320 e. The Bertz CT molecular complexity index is 238. The Morgan fingerprint density at radius 1 is 1.06 bits per heavy atom. The van der Waals surface area contributed by atoms with Crippen LogP contribution in [0, 0.1) is 5.92 Å². The number of esters is 2. The van der Waals surface area contributed by atoms with Crippen LogP contribution in [0.15, 0.2) is 0 Å². The second-order valence-electron chi connectivity index (χ2n) is 3.56. The Hall–Kier alpha value is -1.18. The van der Waals surface area contributed by atoms with Crippen LogP contribution in [0.5, 0.6) is 0 Å². The van der Waals surface area contributed by atoms with Crippen LogP contribution in [0.3, 0.4) is 0 Å². The number of hydrogen-bond donors (Lipinski definition) is 1. The number of methoxy groups -OCH3 is 3. The molecule has 7 nitrogen and oxygen atoms in total. The van der Waals surface area contributed by atoms with Gasteiger partial charge in [-0.1, -0.05) is 0 Å². The molecule has 0 aromatic rings. The van der Waals surface area contributed by atoms with Crippen molar-refractivity contribution < 1.29 is 33.6 Å². The van der Waals surface area contributed by atoms with Gasteiger partial charge in [-0.2, -0.15) is 0 Å². The molecule has 106 valence electrons. The predicted octanol–water partition coefficient (Wildman–Crippen LogP) is -0.637. The fraction of sp³-hybridized carbons (Fsp3) is 0.818. The molecule has 0 spiro atoms. The van der Waals surface area contributed by atoms with Crippen LogP contribution in [0.4, 0.5) is 0 Å². The van der Waals surface area contributed by atoms with Crippen molar-refractivity contribution >= 4 is 11.9 Å². The lowest BCUT2D eigenvalue weighted by molar-refractivity contribution is -0.160. The Morgan fingerprint density at radius 3 is 2.06 bits per heavy atom. The number of aliphatic hydroxyl groups excluding tert-OH is 1. The zero-order chi connectivity index (χ0) is 14.0. The summed E-state index contributed by atoms with van der Waals surface area (Å²) in [5.41, 5.74) is 0. The molecule has 0 rings (SSSR count). The topological polar surface area (TPSA) is 91.3 Å². The van der Waals surface area contributed by atoms with Crippen molar-refractivity contribution in [3.05, 3.63) is 0 Å². The van der Waals surface area contributed by atoms with Crippen molar-refractivity contribution in [1.82, 2.24) is 0 Å². The van der Waals surface area contributed by atoms with Gasteiger partial charge in [0.05, 0.1) is 40.1 Å². The van der Waals surface area contributed by atoms with Crippen molar-refractivity contribution in [2.24, 2.45) is 5.92 Å². The third kappa shape index (κ3) is 6.53. The van der Waals surface area contributed by atoms with E-state index >= 15 is 0 Å². The molecule has 1 unspecified atom stereocenters. The normalized spacial score (nSPS) is 12.3. The Labute approximate surface area is 106 Å². The molecule has 0 aliphatic carbocycles. The third-order valence-electron chi connectivity index (χ3n) is 2.22. The van der Waals surface area contributed by atoms with Gasteiger partial charge in [0.2, 0.25) is 0 Å². The molecule has 0 aliphatic rings. The lowest BCUT2D eigenvalue weighted by Crippen LogP contribution is -2.32. The van der Waals surface area contributed by atoms with Crippen molar-refractivity contribution in [3.63, 3.8) is 0 Å². The van der Waals surface area contributed by atoms with E-state index in [1.165, 1.54) is 21.3 Å². The number of carbonyl (C=O) groups is 2. The van der Waals surface area contributed by atoms with Crippen LogP contribution in [0.2, 0.25) is 0 Å². The van der Waals surface area contributed by atoms with Crippen molar-refractivity contribution in [3.8, 4) is 0 Å². The summed E-state index contributed by atoms with van der Waals surface area (Å²) in [5.74, 6) is -2.61. The number of aliphatic hydroxyl groups is 1. The van der Waals surface area contributed by atoms with Crippen LogP contribution < -0.4 is 0 Å². The molecule has 7 heteroatoms. The molecule has 0 fully saturated rings. The molecule has 0 saturated heterocycles. The van der Waals surface area contributed by atoms with Gasteiger partial charge in [0, 0.05) is 7.11 Å². The van der Waals surface area contributed by atoms with E-state index in [4.69, 9.17) is 9.47 Å². The average molecular weight is 264 g/mol. The van der Waals surface area contributed by atoms with Gasteiger partial charge in [-0.05, 0) is 6.42 Å². The highest BCUT2D eigenvalue weighted by Crippen LogP contribution is 2.11. The first-order chi connectivity index (χ1) is 8.56. The molecule has 0 aliphatic heterocycles. The fourth-order valence-corrected chi connectivity index (χ4v) is 1.27. The highest BCUT2D eigenvalue weighted by molar-refractivity contribution is 5.94. The molecule has 0 saturated carbocycles. The van der Waals surface area contributed by atoms with Crippen molar-refractivity contribution in [2.75, 3.05) is 41.2 Å². The third-order valence-corrected chi connectivity index (χ3v) is 2.22. The maximum atomic E-state index is 11.3. The van der Waals surface area contributed by atoms with Gasteiger partial charge >= 0.3 is 11.9 Å². The van der Waals surface area contributed by atoms with Gasteiger partial charge in [0.1, 0.15) is 0 Å². The molecule has 0 radical (unpaired) electrons. The monoisotopic (exact) mass is 264 g/mol. The lowest BCUT2D eigenvalue weighted by Gasteiger charge is -2.16. The summed E-state index contributed by atoms with van der Waals surface area (Å²) in [6, 6.07) is 0. The summed E-state index contributed by atoms with van der Waals surface area (Å²) < 4.78 is 18.8. The molecule has 1 atom stereocenters. The molecule has 0 aromatic heterocycles. The highest BCUT2D eigenvalue weighted by Gasteiger charge is 2.31. The standard InChI is InChI=1S/C11H20O7/c1-15-4-5-18-7-8(12)6-9(10(13)16-2)11(14)17-3/h8-9,12H,4-7H2,1-3H3. The minimum Gasteiger partial charge on any atom is -0.468 e. The van der Waals surface area contributed by atoms with Gasteiger partial charge in [-0.3, -0.25) is 9.59 Å². The van der Waals surface area contributed by atoms with Crippen LogP contribution in [-0.2, 0) is 28.5 Å². The first kappa shape index (κ1) is 16.8. The fourth-order valence-electron chi connectivity index (χ4n) is 1.27. The van der Waals surface area contributed by atoms with Crippen LogP contribution in [0.25, 0.3) is 0 Å². The van der Waals surface area contributed by atoms with Gasteiger partial charge in [-0.15, -0.1) is 0 Å². The average Bonchev–Trinajstić information content (AvgIpc) is 2.39. The summed E-state index contributed by atoms with van der Waals surface area (Å²) in [5, 5.41) is 9.63. The summed E-state index contributed by atoms with van der Waals surface area (Å²) >= 11 is 0. The molecule has 0 bridgehead atoms. The molecule has 1 N–H and O–H groups in total. The predicted molar refractivity (Wildman–Crippen MR) is 60.8 cm³/mol. The van der Waals surface area contributed by atoms with E-state index in [1.807, 2.05) is 0 Å². The summed E-state index contributed by atoms with van der Waals surface area (Å²) in [6.45, 7) is 0.743. The first-order valence-electron chi connectivity index (χ1n) is 5.47. The number of ether oxygens (including phenoxy) is 4. The van der Waals surface area contributed by atoms with E-state index in [0.717, 1.165) is 0 Å². The maximum absolute atomic E-state index is 11.3. The number of rotatable bonds is 9. The molecule has 0 aromatic carbocycles. The highest BCUT2D eigenvalue weighted by atomic mass is 16.5. The zero-order valence-electron chi connectivity index (χ0n) is 10.9. The van der Waals surface area contributed by atoms with E-state index in [-0.39, 0.29) is 13.0 Å². The minimum atomic E-state index is -1.14. The number of carbonyl (C=O) groups excluding carboxylic acids is 2. The zero-order valence-corrected chi connectivity index (χ0v) is 10.9. The van der Waals surface area contributed by atoms with Gasteiger partial charge < -0.3 is 24.1 Å². The van der Waals surface area contributed by atoms with E-state index in [0.29, 0.717) is 13.2 Å². The van der Waals surface area contributed by atoms with Gasteiger partial charge in [-0.25, -0.2) is 0 Å². The number of hydrogen-bond acceptors (Lipinski definition) is 7. The first-order valence-corrected chi connectivity index (χ1v) is 5.47. The smallest absolute Gasteiger partial charge is 0.320 e. The Morgan fingerprint density at radius 2 is 1.61 bits per heavy atom. The van der Waals surface area contributed by atoms with Crippen LogP contribution in [-0.4, -0.2) is 64.3 Å². The SMILES string of the molecule is COCCOCC(O)CC(C(=O)OC)C(=O)OC. The summed E-state index contributed by atoms with van der Waals surface area (Å²) in [4.78, 5) is 22.7. The summed E-state index contributed by atoms with van der Waals surface area (Å²) in [6.07, 6.45) is -1.06. The lowest BCUT2D eigenvalue weighted by atomic mass is 10.0. The van der Waals surface area contributed by atoms with E-state index in [2.05, 4.69) is 9.47 Å². The van der Waals surface area contributed by atoms with Gasteiger partial charge in [0.25, 0.3) is 0 Å². The molecule has 0 amide bonds. The molecule has 18 heavy (non-hydrogen) atoms. The second kappa shape index (κ2) is 9.81.